The molecule has 0 spiro atoms. The van der Waals surface area contributed by atoms with Crippen LogP contribution in [0.25, 0.3) is 0 Å². The number of rotatable bonds is 5. The van der Waals surface area contributed by atoms with Crippen molar-refractivity contribution in [2.24, 2.45) is 0 Å². The van der Waals surface area contributed by atoms with Crippen molar-refractivity contribution in [3.8, 4) is 11.5 Å². The van der Waals surface area contributed by atoms with Gasteiger partial charge in [-0.05, 0) is 39.3 Å². The van der Waals surface area contributed by atoms with Crippen molar-refractivity contribution in [1.29, 1.82) is 0 Å². The van der Waals surface area contributed by atoms with E-state index in [0.717, 1.165) is 0 Å². The summed E-state index contributed by atoms with van der Waals surface area (Å²) in [6.07, 6.45) is 0.0792. The first kappa shape index (κ1) is 15.3. The third-order valence-electron chi connectivity index (χ3n) is 2.50. The molecule has 4 nitrogen and oxygen atoms in total. The smallest absolute Gasteiger partial charge is 0.261 e. The van der Waals surface area contributed by atoms with Crippen LogP contribution in [0.5, 0.6) is 11.5 Å². The Bertz CT molecular complexity index is 424. The maximum atomic E-state index is 12.1. The fourth-order valence-corrected chi connectivity index (χ4v) is 1.64. The predicted molar refractivity (Wildman–Crippen MR) is 75.6 cm³/mol. The number of para-hydroxylation sites is 2. The van der Waals surface area contributed by atoms with E-state index in [0.29, 0.717) is 17.9 Å². The molecule has 1 N–H and O–H groups in total. The van der Waals surface area contributed by atoms with E-state index < -0.39 is 6.10 Å². The molecular formula is C15H23NO3. The molecule has 1 amide bonds. The highest BCUT2D eigenvalue weighted by atomic mass is 16.5. The highest BCUT2D eigenvalue weighted by Crippen LogP contribution is 2.27. The summed E-state index contributed by atoms with van der Waals surface area (Å²) in [7, 11) is 1.58. The second-order valence-corrected chi connectivity index (χ2v) is 5.40. The average Bonchev–Trinajstić information content (AvgIpc) is 2.34. The van der Waals surface area contributed by atoms with E-state index in [-0.39, 0.29) is 11.4 Å². The van der Waals surface area contributed by atoms with Gasteiger partial charge >= 0.3 is 0 Å². The molecule has 0 bridgehead atoms. The Morgan fingerprint density at radius 3 is 2.32 bits per heavy atom. The SMILES string of the molecule is CCC(Oc1ccccc1OC)C(=O)NC(C)(C)C. The van der Waals surface area contributed by atoms with Crippen molar-refractivity contribution in [1.82, 2.24) is 5.32 Å². The van der Waals surface area contributed by atoms with Crippen LogP contribution in [0.15, 0.2) is 24.3 Å². The molecule has 1 atom stereocenters. The zero-order valence-electron chi connectivity index (χ0n) is 12.3. The van der Waals surface area contributed by atoms with E-state index >= 15 is 0 Å². The van der Waals surface area contributed by atoms with Gasteiger partial charge < -0.3 is 14.8 Å². The van der Waals surface area contributed by atoms with E-state index in [2.05, 4.69) is 5.32 Å². The number of benzene rings is 1. The number of amides is 1. The number of hydrogen-bond acceptors (Lipinski definition) is 3. The molecule has 1 aromatic rings. The Morgan fingerprint density at radius 1 is 1.26 bits per heavy atom. The van der Waals surface area contributed by atoms with Crippen LogP contribution >= 0.6 is 0 Å². The molecule has 0 aromatic heterocycles. The minimum atomic E-state index is -0.518. The molecule has 0 saturated heterocycles. The molecular weight excluding hydrogens is 242 g/mol. The molecule has 1 rings (SSSR count). The van der Waals surface area contributed by atoms with E-state index in [1.165, 1.54) is 0 Å². The van der Waals surface area contributed by atoms with Crippen LogP contribution in [0.2, 0.25) is 0 Å². The monoisotopic (exact) mass is 265 g/mol. The molecule has 1 unspecified atom stereocenters. The number of methoxy groups -OCH3 is 1. The van der Waals surface area contributed by atoms with E-state index in [1.54, 1.807) is 13.2 Å². The van der Waals surface area contributed by atoms with Crippen molar-refractivity contribution in [3.63, 3.8) is 0 Å². The van der Waals surface area contributed by atoms with Crippen molar-refractivity contribution in [2.75, 3.05) is 7.11 Å². The molecule has 0 fully saturated rings. The molecule has 1 aromatic carbocycles. The van der Waals surface area contributed by atoms with Crippen LogP contribution in [0, 0.1) is 0 Å². The lowest BCUT2D eigenvalue weighted by Gasteiger charge is -2.25. The second-order valence-electron chi connectivity index (χ2n) is 5.40. The Morgan fingerprint density at radius 2 is 1.84 bits per heavy atom. The van der Waals surface area contributed by atoms with Gasteiger partial charge in [0, 0.05) is 5.54 Å². The van der Waals surface area contributed by atoms with Gasteiger partial charge in [0.05, 0.1) is 7.11 Å². The van der Waals surface area contributed by atoms with Crippen LogP contribution in [-0.2, 0) is 4.79 Å². The lowest BCUT2D eigenvalue weighted by molar-refractivity contribution is -0.129. The van der Waals surface area contributed by atoms with Crippen molar-refractivity contribution in [2.45, 2.75) is 45.8 Å². The Hall–Kier alpha value is -1.71. The third-order valence-corrected chi connectivity index (χ3v) is 2.50. The fraction of sp³-hybridized carbons (Fsp3) is 0.533. The maximum absolute atomic E-state index is 12.1. The summed E-state index contributed by atoms with van der Waals surface area (Å²) in [5.74, 6) is 1.10. The molecule has 0 aliphatic carbocycles. The van der Waals surface area contributed by atoms with Gasteiger partial charge in [0.2, 0.25) is 0 Å². The summed E-state index contributed by atoms with van der Waals surface area (Å²) in [6.45, 7) is 7.75. The number of carbonyl (C=O) groups excluding carboxylic acids is 1. The van der Waals surface area contributed by atoms with Gasteiger partial charge in [-0.3, -0.25) is 4.79 Å². The Labute approximate surface area is 115 Å². The van der Waals surface area contributed by atoms with Crippen LogP contribution in [-0.4, -0.2) is 24.7 Å². The standard InChI is InChI=1S/C15H23NO3/c1-6-11(14(17)16-15(2,3)4)19-13-10-8-7-9-12(13)18-5/h7-11H,6H2,1-5H3,(H,16,17). The number of ether oxygens (including phenoxy) is 2. The predicted octanol–water partition coefficient (Wildman–Crippen LogP) is 2.77. The Kier molecular flexibility index (Phi) is 5.21. The van der Waals surface area contributed by atoms with E-state index in [9.17, 15) is 4.79 Å². The van der Waals surface area contributed by atoms with Crippen molar-refractivity contribution >= 4 is 5.91 Å². The van der Waals surface area contributed by atoms with Crippen molar-refractivity contribution < 1.29 is 14.3 Å². The number of nitrogens with one attached hydrogen (secondary N) is 1. The number of carbonyl (C=O) groups is 1. The number of hydrogen-bond donors (Lipinski definition) is 1. The van der Waals surface area contributed by atoms with Crippen LogP contribution in [0.3, 0.4) is 0 Å². The topological polar surface area (TPSA) is 47.6 Å². The molecule has 0 saturated carbocycles. The van der Waals surface area contributed by atoms with Gasteiger partial charge in [0.15, 0.2) is 17.6 Å². The maximum Gasteiger partial charge on any atom is 0.261 e. The van der Waals surface area contributed by atoms with Gasteiger partial charge in [-0.15, -0.1) is 0 Å². The normalized spacial score (nSPS) is 12.7. The molecule has 0 radical (unpaired) electrons. The van der Waals surface area contributed by atoms with Gasteiger partial charge in [-0.2, -0.15) is 0 Å². The highest BCUT2D eigenvalue weighted by Gasteiger charge is 2.23. The lowest BCUT2D eigenvalue weighted by Crippen LogP contribution is -2.47. The van der Waals surface area contributed by atoms with Gasteiger partial charge in [-0.1, -0.05) is 19.1 Å². The first-order valence-corrected chi connectivity index (χ1v) is 6.49. The van der Waals surface area contributed by atoms with E-state index in [1.807, 2.05) is 45.9 Å². The van der Waals surface area contributed by atoms with Crippen molar-refractivity contribution in [3.05, 3.63) is 24.3 Å². The molecule has 106 valence electrons. The minimum Gasteiger partial charge on any atom is -0.493 e. The summed E-state index contributed by atoms with van der Waals surface area (Å²) in [6, 6.07) is 7.32. The largest absolute Gasteiger partial charge is 0.493 e. The van der Waals surface area contributed by atoms with Gasteiger partial charge in [-0.25, -0.2) is 0 Å². The first-order valence-electron chi connectivity index (χ1n) is 6.49. The molecule has 19 heavy (non-hydrogen) atoms. The van der Waals surface area contributed by atoms with Gasteiger partial charge in [0.25, 0.3) is 5.91 Å². The van der Waals surface area contributed by atoms with E-state index in [4.69, 9.17) is 9.47 Å². The second kappa shape index (κ2) is 6.45. The van der Waals surface area contributed by atoms with Crippen LogP contribution < -0.4 is 14.8 Å². The highest BCUT2D eigenvalue weighted by molar-refractivity contribution is 5.81. The van der Waals surface area contributed by atoms with Gasteiger partial charge in [0.1, 0.15) is 0 Å². The zero-order chi connectivity index (χ0) is 14.5. The fourth-order valence-electron chi connectivity index (χ4n) is 1.64. The molecule has 4 heteroatoms. The van der Waals surface area contributed by atoms with Crippen LogP contribution in [0.4, 0.5) is 0 Å². The summed E-state index contributed by atoms with van der Waals surface area (Å²) in [5.41, 5.74) is -0.269. The average molecular weight is 265 g/mol. The van der Waals surface area contributed by atoms with Crippen LogP contribution in [0.1, 0.15) is 34.1 Å². The summed E-state index contributed by atoms with van der Waals surface area (Å²) < 4.78 is 11.0. The lowest BCUT2D eigenvalue weighted by atomic mass is 10.1. The summed E-state index contributed by atoms with van der Waals surface area (Å²) in [4.78, 5) is 12.1. The summed E-state index contributed by atoms with van der Waals surface area (Å²) in [5, 5.41) is 2.92. The summed E-state index contributed by atoms with van der Waals surface area (Å²) >= 11 is 0. The minimum absolute atomic E-state index is 0.110. The molecule has 0 aliphatic heterocycles. The zero-order valence-corrected chi connectivity index (χ0v) is 12.3. The quantitative estimate of drug-likeness (QED) is 0.890. The Balaban J connectivity index is 2.79. The third kappa shape index (κ3) is 4.81. The molecule has 0 heterocycles. The first-order chi connectivity index (χ1) is 8.87. The molecule has 0 aliphatic rings.